The van der Waals surface area contributed by atoms with E-state index < -0.39 is 0 Å². The fourth-order valence-corrected chi connectivity index (χ4v) is 5.67. The molecule has 0 saturated heterocycles. The first-order chi connectivity index (χ1) is 15.7. The third-order valence-corrected chi connectivity index (χ3v) is 7.15. The summed E-state index contributed by atoms with van der Waals surface area (Å²) in [5, 5.41) is 19.7. The molecular formula is C25H30N4O3. The van der Waals surface area contributed by atoms with Gasteiger partial charge in [-0.15, -0.1) is 0 Å². The van der Waals surface area contributed by atoms with Crippen LogP contribution in [0.15, 0.2) is 52.9 Å². The van der Waals surface area contributed by atoms with Gasteiger partial charge in [0.1, 0.15) is 5.52 Å². The zero-order valence-corrected chi connectivity index (χ0v) is 18.3. The molecule has 2 aliphatic carbocycles. The van der Waals surface area contributed by atoms with E-state index in [9.17, 15) is 9.90 Å². The summed E-state index contributed by atoms with van der Waals surface area (Å²) in [4.78, 5) is 17.8. The molecule has 2 saturated carbocycles. The van der Waals surface area contributed by atoms with Gasteiger partial charge >= 0.3 is 0 Å². The topological polar surface area (TPSA) is 99.4 Å². The largest absolute Gasteiger partial charge is 0.424 e. The van der Waals surface area contributed by atoms with E-state index in [1.54, 1.807) is 12.1 Å². The Labute approximate surface area is 187 Å². The minimum Gasteiger partial charge on any atom is -0.424 e. The van der Waals surface area contributed by atoms with E-state index in [0.717, 1.165) is 18.4 Å². The summed E-state index contributed by atoms with van der Waals surface area (Å²) in [6, 6.07) is 15.7. The van der Waals surface area contributed by atoms with Crippen molar-refractivity contribution in [3.05, 3.63) is 59.7 Å². The molecule has 2 bridgehead atoms. The Hall–Kier alpha value is -2.90. The molecule has 7 nitrogen and oxygen atoms in total. The van der Waals surface area contributed by atoms with Gasteiger partial charge in [-0.1, -0.05) is 42.8 Å². The monoisotopic (exact) mass is 434 g/mol. The summed E-state index contributed by atoms with van der Waals surface area (Å²) in [5.41, 5.74) is 2.52. The van der Waals surface area contributed by atoms with E-state index in [0.29, 0.717) is 34.5 Å². The first-order valence-corrected chi connectivity index (χ1v) is 11.5. The number of hydrogen-bond acceptors (Lipinski definition) is 6. The van der Waals surface area contributed by atoms with E-state index >= 15 is 0 Å². The molecule has 0 spiro atoms. The van der Waals surface area contributed by atoms with Gasteiger partial charge in [0, 0.05) is 12.1 Å². The van der Waals surface area contributed by atoms with Crippen molar-refractivity contribution >= 4 is 23.0 Å². The lowest BCUT2D eigenvalue weighted by molar-refractivity contribution is 0.0926. The standard InChI is InChI=1S/C25H30N4O3/c1-26-22-16-9-5-10-17(22)19(13-16)27-24(31)18-11-6-12-21-23(18)29-25(32-21)28-20(14-30)15-7-3-2-4-8-15/h2-4,6-8,11-12,16-17,19-20,22,26,30H,5,9-10,13-14H2,1H3,(H,27,31)(H,28,29). The molecule has 5 atom stereocenters. The van der Waals surface area contributed by atoms with Crippen molar-refractivity contribution in [3.63, 3.8) is 0 Å². The zero-order valence-electron chi connectivity index (χ0n) is 18.3. The average molecular weight is 435 g/mol. The number of nitrogens with zero attached hydrogens (tertiary/aromatic N) is 1. The van der Waals surface area contributed by atoms with Crippen LogP contribution < -0.4 is 16.0 Å². The number of benzene rings is 2. The maximum atomic E-state index is 13.2. The SMILES string of the molecule is CNC1C2CCCC1C(NC(=O)c1cccc3oc(NC(CO)c4ccccc4)nc13)C2. The number of nitrogens with one attached hydrogen (secondary N) is 3. The maximum absolute atomic E-state index is 13.2. The molecule has 3 aromatic rings. The number of oxazole rings is 1. The number of fused-ring (bicyclic) bond motifs is 3. The van der Waals surface area contributed by atoms with Crippen molar-refractivity contribution in [1.82, 2.24) is 15.6 Å². The number of aliphatic hydroxyl groups excluding tert-OH is 1. The summed E-state index contributed by atoms with van der Waals surface area (Å²) in [6.45, 7) is -0.104. The predicted molar refractivity (Wildman–Crippen MR) is 123 cm³/mol. The highest BCUT2D eigenvalue weighted by Gasteiger charge is 2.45. The highest BCUT2D eigenvalue weighted by atomic mass is 16.4. The third kappa shape index (κ3) is 3.87. The Morgan fingerprint density at radius 1 is 1.19 bits per heavy atom. The van der Waals surface area contributed by atoms with Gasteiger partial charge in [0.25, 0.3) is 11.9 Å². The third-order valence-electron chi connectivity index (χ3n) is 7.15. The number of para-hydroxylation sites is 1. The van der Waals surface area contributed by atoms with Gasteiger partial charge in [-0.25, -0.2) is 0 Å². The lowest BCUT2D eigenvalue weighted by Crippen LogP contribution is -2.44. The van der Waals surface area contributed by atoms with Crippen LogP contribution in [0.25, 0.3) is 11.1 Å². The maximum Gasteiger partial charge on any atom is 0.296 e. The van der Waals surface area contributed by atoms with E-state index in [1.165, 1.54) is 12.8 Å². The van der Waals surface area contributed by atoms with Crippen molar-refractivity contribution in [2.45, 2.75) is 43.8 Å². The van der Waals surface area contributed by atoms with Crippen molar-refractivity contribution in [2.24, 2.45) is 11.8 Å². The Bertz CT molecular complexity index is 1080. The fourth-order valence-electron chi connectivity index (χ4n) is 5.67. The fraction of sp³-hybridized carbons (Fsp3) is 0.440. The van der Waals surface area contributed by atoms with Crippen LogP contribution in [-0.2, 0) is 0 Å². The number of aromatic nitrogens is 1. The van der Waals surface area contributed by atoms with Gasteiger partial charge in [-0.2, -0.15) is 4.98 Å². The number of carbonyl (C=O) groups excluding carboxylic acids is 1. The number of carbonyl (C=O) groups is 1. The van der Waals surface area contributed by atoms with E-state index in [1.807, 2.05) is 43.4 Å². The minimum atomic E-state index is -0.349. The molecule has 1 heterocycles. The minimum absolute atomic E-state index is 0.104. The van der Waals surface area contributed by atoms with Crippen LogP contribution in [0.3, 0.4) is 0 Å². The van der Waals surface area contributed by atoms with Crippen molar-refractivity contribution < 1.29 is 14.3 Å². The summed E-state index contributed by atoms with van der Waals surface area (Å²) in [7, 11) is 2.03. The van der Waals surface area contributed by atoms with Crippen molar-refractivity contribution in [1.29, 1.82) is 0 Å². The normalized spacial score (nSPS) is 25.6. The number of hydrogen-bond donors (Lipinski definition) is 4. The molecular weight excluding hydrogens is 404 g/mol. The quantitative estimate of drug-likeness (QED) is 0.454. The first kappa shape index (κ1) is 21.0. The molecule has 1 amide bonds. The van der Waals surface area contributed by atoms with Crippen LogP contribution in [-0.4, -0.2) is 41.7 Å². The van der Waals surface area contributed by atoms with Crippen molar-refractivity contribution in [2.75, 3.05) is 19.0 Å². The van der Waals surface area contributed by atoms with Crippen LogP contribution in [0.5, 0.6) is 0 Å². The number of aliphatic hydroxyl groups is 1. The molecule has 0 aliphatic heterocycles. The van der Waals surface area contributed by atoms with Crippen LogP contribution >= 0.6 is 0 Å². The molecule has 2 aliphatic rings. The summed E-state index contributed by atoms with van der Waals surface area (Å²) in [5.74, 6) is 1.01. The number of rotatable bonds is 7. The molecule has 5 rings (SSSR count). The van der Waals surface area contributed by atoms with Gasteiger partial charge < -0.3 is 25.5 Å². The second-order valence-electron chi connectivity index (χ2n) is 8.95. The second kappa shape index (κ2) is 8.92. The van der Waals surface area contributed by atoms with Crippen molar-refractivity contribution in [3.8, 4) is 0 Å². The van der Waals surface area contributed by atoms with E-state index in [4.69, 9.17) is 4.42 Å². The Morgan fingerprint density at radius 2 is 2.03 bits per heavy atom. The molecule has 32 heavy (non-hydrogen) atoms. The van der Waals surface area contributed by atoms with Crippen LogP contribution in [0, 0.1) is 11.8 Å². The lowest BCUT2D eigenvalue weighted by Gasteiger charge is -2.31. The Kier molecular flexibility index (Phi) is 5.85. The Morgan fingerprint density at radius 3 is 2.78 bits per heavy atom. The summed E-state index contributed by atoms with van der Waals surface area (Å²) >= 11 is 0. The molecule has 2 aromatic carbocycles. The smallest absolute Gasteiger partial charge is 0.296 e. The van der Waals surface area contributed by atoms with Gasteiger partial charge in [0.2, 0.25) is 0 Å². The molecule has 2 fully saturated rings. The molecule has 7 heteroatoms. The molecule has 1 aromatic heterocycles. The van der Waals surface area contributed by atoms with Crippen LogP contribution in [0.4, 0.5) is 6.01 Å². The molecule has 5 unspecified atom stereocenters. The highest BCUT2D eigenvalue weighted by molar-refractivity contribution is 6.04. The van der Waals surface area contributed by atoms with E-state index in [-0.39, 0.29) is 30.6 Å². The Balaban J connectivity index is 1.36. The van der Waals surface area contributed by atoms with Gasteiger partial charge in [0.05, 0.1) is 18.2 Å². The average Bonchev–Trinajstić information content (AvgIpc) is 3.32. The summed E-state index contributed by atoms with van der Waals surface area (Å²) in [6.07, 6.45) is 4.65. The van der Waals surface area contributed by atoms with Gasteiger partial charge in [-0.05, 0) is 55.8 Å². The van der Waals surface area contributed by atoms with E-state index in [2.05, 4.69) is 20.9 Å². The molecule has 4 N–H and O–H groups in total. The van der Waals surface area contributed by atoms with Crippen LogP contribution in [0.1, 0.15) is 47.6 Å². The lowest BCUT2D eigenvalue weighted by atomic mass is 9.83. The number of anilines is 1. The van der Waals surface area contributed by atoms with Gasteiger partial charge in [-0.3, -0.25) is 4.79 Å². The zero-order chi connectivity index (χ0) is 22.1. The highest BCUT2D eigenvalue weighted by Crippen LogP contribution is 2.42. The predicted octanol–water partition coefficient (Wildman–Crippen LogP) is 3.48. The summed E-state index contributed by atoms with van der Waals surface area (Å²) < 4.78 is 5.86. The van der Waals surface area contributed by atoms with Crippen LogP contribution in [0.2, 0.25) is 0 Å². The van der Waals surface area contributed by atoms with Gasteiger partial charge in [0.15, 0.2) is 5.58 Å². The molecule has 0 radical (unpaired) electrons. The second-order valence-corrected chi connectivity index (χ2v) is 8.95. The first-order valence-electron chi connectivity index (χ1n) is 11.5. The molecule has 168 valence electrons. The number of amides is 1.